The average molecular weight is 545 g/mol. The van der Waals surface area contributed by atoms with Gasteiger partial charge in [0, 0.05) is 21.5 Å². The molecular formula is C39H32N2O. The highest BCUT2D eigenvalue weighted by molar-refractivity contribution is 6.17. The van der Waals surface area contributed by atoms with E-state index in [4.69, 9.17) is 9.40 Å². The summed E-state index contributed by atoms with van der Waals surface area (Å²) in [5.41, 5.74) is 8.78. The van der Waals surface area contributed by atoms with E-state index in [9.17, 15) is 0 Å². The molecule has 0 N–H and O–H groups in total. The maximum Gasteiger partial charge on any atom is 0.149 e. The lowest BCUT2D eigenvalue weighted by Crippen LogP contribution is -2.08. The summed E-state index contributed by atoms with van der Waals surface area (Å²) in [5.74, 6) is 1.59. The first-order valence-electron chi connectivity index (χ1n) is 14.9. The summed E-state index contributed by atoms with van der Waals surface area (Å²) in [4.78, 5) is 5.40. The number of imidazole rings is 1. The van der Waals surface area contributed by atoms with Crippen LogP contribution in [0.4, 0.5) is 0 Å². The minimum Gasteiger partial charge on any atom is -0.455 e. The van der Waals surface area contributed by atoms with Gasteiger partial charge < -0.3 is 4.42 Å². The van der Waals surface area contributed by atoms with Crippen LogP contribution in [0.2, 0.25) is 0 Å². The summed E-state index contributed by atoms with van der Waals surface area (Å²) in [6, 6.07) is 39.1. The Morgan fingerprint density at radius 2 is 1.14 bits per heavy atom. The van der Waals surface area contributed by atoms with Gasteiger partial charge in [0.25, 0.3) is 0 Å². The van der Waals surface area contributed by atoms with Crippen molar-refractivity contribution < 1.29 is 4.42 Å². The molecule has 0 spiro atoms. The van der Waals surface area contributed by atoms with E-state index in [0.29, 0.717) is 11.8 Å². The van der Waals surface area contributed by atoms with E-state index < -0.39 is 0 Å². The van der Waals surface area contributed by atoms with Gasteiger partial charge in [0.2, 0.25) is 0 Å². The number of benzene rings is 6. The van der Waals surface area contributed by atoms with E-state index >= 15 is 0 Å². The van der Waals surface area contributed by atoms with Gasteiger partial charge in [-0.05, 0) is 51.9 Å². The van der Waals surface area contributed by atoms with E-state index in [1.165, 1.54) is 33.0 Å². The van der Waals surface area contributed by atoms with Crippen molar-refractivity contribution in [1.82, 2.24) is 9.55 Å². The third kappa shape index (κ3) is 3.56. The van der Waals surface area contributed by atoms with Crippen LogP contribution in [0.3, 0.4) is 0 Å². The minimum absolute atomic E-state index is 0.340. The van der Waals surface area contributed by atoms with Crippen LogP contribution in [0.15, 0.2) is 114 Å². The van der Waals surface area contributed by atoms with Gasteiger partial charge in [0.05, 0.1) is 22.3 Å². The van der Waals surface area contributed by atoms with Crippen LogP contribution in [0.1, 0.15) is 50.7 Å². The van der Waals surface area contributed by atoms with Crippen molar-refractivity contribution in [3.8, 4) is 17.1 Å². The molecule has 0 saturated carbocycles. The normalized spacial score (nSPS) is 12.2. The van der Waals surface area contributed by atoms with Crippen LogP contribution in [-0.2, 0) is 0 Å². The van der Waals surface area contributed by atoms with Crippen molar-refractivity contribution in [2.45, 2.75) is 39.5 Å². The molecule has 3 heteroatoms. The standard InChI is InChI=1S/C39H32N2O/c1-23(2)27-15-9-16-28(24(3)4)35(27)41-36-29-13-7-5-11-25(29)20-22-34(36)40-39(41)33-18-10-17-31-32-21-19-26-12-6-8-14-30(26)37(32)42-38(31)33/h5-24H,1-4H3. The van der Waals surface area contributed by atoms with Gasteiger partial charge in [-0.3, -0.25) is 4.57 Å². The molecule has 8 rings (SSSR count). The molecule has 6 aromatic carbocycles. The third-order valence-electron chi connectivity index (χ3n) is 8.74. The molecule has 0 saturated heterocycles. The van der Waals surface area contributed by atoms with Gasteiger partial charge in [-0.25, -0.2) is 4.98 Å². The SMILES string of the molecule is CC(C)c1cccc(C(C)C)c1-n1c(-c2cccc3c2oc2c4ccccc4ccc32)nc2ccc3ccccc3c21. The minimum atomic E-state index is 0.340. The zero-order chi connectivity index (χ0) is 28.5. The Bertz CT molecular complexity index is 2290. The summed E-state index contributed by atoms with van der Waals surface area (Å²) in [6.45, 7) is 9.13. The maximum absolute atomic E-state index is 6.83. The smallest absolute Gasteiger partial charge is 0.149 e. The van der Waals surface area contributed by atoms with Crippen molar-refractivity contribution >= 4 is 54.5 Å². The molecule has 204 valence electrons. The molecule has 2 heterocycles. The number of hydrogen-bond donors (Lipinski definition) is 0. The topological polar surface area (TPSA) is 31.0 Å². The Labute approximate surface area is 245 Å². The van der Waals surface area contributed by atoms with E-state index in [1.54, 1.807) is 0 Å². The van der Waals surface area contributed by atoms with Crippen molar-refractivity contribution in [1.29, 1.82) is 0 Å². The summed E-state index contributed by atoms with van der Waals surface area (Å²) in [5, 5.41) is 6.95. The van der Waals surface area contributed by atoms with Crippen LogP contribution in [0.5, 0.6) is 0 Å². The second kappa shape index (κ2) is 9.32. The first-order valence-corrected chi connectivity index (χ1v) is 14.9. The van der Waals surface area contributed by atoms with Gasteiger partial charge >= 0.3 is 0 Å². The Kier molecular flexibility index (Phi) is 5.52. The van der Waals surface area contributed by atoms with Gasteiger partial charge in [0.15, 0.2) is 0 Å². The predicted molar refractivity (Wildman–Crippen MR) is 177 cm³/mol. The number of para-hydroxylation sites is 2. The van der Waals surface area contributed by atoms with Crippen molar-refractivity contribution in [2.75, 3.05) is 0 Å². The predicted octanol–water partition coefficient (Wildman–Crippen LogP) is 11.1. The molecule has 0 unspecified atom stereocenters. The summed E-state index contributed by atoms with van der Waals surface area (Å²) in [6.07, 6.45) is 0. The largest absolute Gasteiger partial charge is 0.455 e. The van der Waals surface area contributed by atoms with Gasteiger partial charge in [-0.15, -0.1) is 0 Å². The lowest BCUT2D eigenvalue weighted by Gasteiger charge is -2.23. The number of rotatable bonds is 4. The van der Waals surface area contributed by atoms with E-state index in [0.717, 1.165) is 49.7 Å². The molecule has 0 aliphatic carbocycles. The Balaban J connectivity index is 1.56. The monoisotopic (exact) mass is 544 g/mol. The maximum atomic E-state index is 6.83. The van der Waals surface area contributed by atoms with E-state index in [2.05, 4.69) is 141 Å². The third-order valence-corrected chi connectivity index (χ3v) is 8.74. The zero-order valence-electron chi connectivity index (χ0n) is 24.3. The van der Waals surface area contributed by atoms with Crippen LogP contribution >= 0.6 is 0 Å². The second-order valence-corrected chi connectivity index (χ2v) is 12.0. The van der Waals surface area contributed by atoms with E-state index in [-0.39, 0.29) is 0 Å². The summed E-state index contributed by atoms with van der Waals surface area (Å²) in [7, 11) is 0. The first-order chi connectivity index (χ1) is 20.5. The Morgan fingerprint density at radius 1 is 0.548 bits per heavy atom. The number of fused-ring (bicyclic) bond motifs is 8. The fourth-order valence-corrected chi connectivity index (χ4v) is 6.71. The molecular weight excluding hydrogens is 512 g/mol. The van der Waals surface area contributed by atoms with Crippen LogP contribution in [0.25, 0.3) is 71.6 Å². The van der Waals surface area contributed by atoms with Crippen LogP contribution in [0, 0.1) is 0 Å². The number of aromatic nitrogens is 2. The molecule has 0 fully saturated rings. The molecule has 3 nitrogen and oxygen atoms in total. The molecule has 0 aliphatic rings. The highest BCUT2D eigenvalue weighted by atomic mass is 16.3. The molecule has 0 radical (unpaired) electrons. The fourth-order valence-electron chi connectivity index (χ4n) is 6.71. The molecule has 0 bridgehead atoms. The zero-order valence-corrected chi connectivity index (χ0v) is 24.3. The van der Waals surface area contributed by atoms with Gasteiger partial charge in [-0.1, -0.05) is 119 Å². The summed E-state index contributed by atoms with van der Waals surface area (Å²) >= 11 is 0. The van der Waals surface area contributed by atoms with E-state index in [1.807, 2.05) is 0 Å². The molecule has 0 amide bonds. The molecule has 0 aliphatic heterocycles. The number of hydrogen-bond acceptors (Lipinski definition) is 2. The highest BCUT2D eigenvalue weighted by Gasteiger charge is 2.25. The lowest BCUT2D eigenvalue weighted by molar-refractivity contribution is 0.673. The molecule has 8 aromatic rings. The Hall–Kier alpha value is -4.89. The molecule has 2 aromatic heterocycles. The van der Waals surface area contributed by atoms with Crippen molar-refractivity contribution in [2.24, 2.45) is 0 Å². The Morgan fingerprint density at radius 3 is 1.88 bits per heavy atom. The van der Waals surface area contributed by atoms with Gasteiger partial charge in [0.1, 0.15) is 17.0 Å². The highest BCUT2D eigenvalue weighted by Crippen LogP contribution is 2.43. The van der Waals surface area contributed by atoms with Gasteiger partial charge in [-0.2, -0.15) is 0 Å². The van der Waals surface area contributed by atoms with Crippen LogP contribution < -0.4 is 0 Å². The number of nitrogens with zero attached hydrogens (tertiary/aromatic N) is 2. The fraction of sp³-hybridized carbons (Fsp3) is 0.154. The second-order valence-electron chi connectivity index (χ2n) is 12.0. The number of furan rings is 1. The van der Waals surface area contributed by atoms with Crippen molar-refractivity contribution in [3.05, 3.63) is 120 Å². The lowest BCUT2D eigenvalue weighted by atomic mass is 9.92. The quantitative estimate of drug-likeness (QED) is 0.221. The average Bonchev–Trinajstić information content (AvgIpc) is 3.60. The molecule has 42 heavy (non-hydrogen) atoms. The first kappa shape index (κ1) is 24.9. The molecule has 0 atom stereocenters. The van der Waals surface area contributed by atoms with Crippen LogP contribution in [-0.4, -0.2) is 9.55 Å². The summed E-state index contributed by atoms with van der Waals surface area (Å²) < 4.78 is 9.26. The van der Waals surface area contributed by atoms with Crippen molar-refractivity contribution in [3.63, 3.8) is 0 Å².